The first-order chi connectivity index (χ1) is 8.31. The van der Waals surface area contributed by atoms with E-state index in [-0.39, 0.29) is 21.7 Å². The minimum atomic E-state index is -5.63. The third-order valence-electron chi connectivity index (χ3n) is 1.24. The average molecular weight is 384 g/mol. The Hall–Kier alpha value is -0.206. The van der Waals surface area contributed by atoms with Gasteiger partial charge in [-0.25, -0.2) is 0 Å². The second-order valence-electron chi connectivity index (χ2n) is 2.97. The molecule has 2 nitrogen and oxygen atoms in total. The molecule has 2 N–H and O–H groups in total. The minimum absolute atomic E-state index is 0. The Bertz CT molecular complexity index is 230. The molecular formula is C6H4F12O2Ti. The van der Waals surface area contributed by atoms with Crippen LogP contribution in [0.1, 0.15) is 0 Å². The fourth-order valence-electron chi connectivity index (χ4n) is 0.371. The van der Waals surface area contributed by atoms with Crippen LogP contribution in [0.3, 0.4) is 0 Å². The first-order valence-corrected chi connectivity index (χ1v) is 3.94. The Morgan fingerprint density at radius 2 is 0.524 bits per heavy atom. The number of aliphatic hydroxyl groups is 2. The monoisotopic (exact) mass is 384 g/mol. The van der Waals surface area contributed by atoms with Gasteiger partial charge in [0, 0.05) is 21.7 Å². The van der Waals surface area contributed by atoms with Crippen molar-refractivity contribution >= 4 is 0 Å². The number of halogens is 12. The van der Waals surface area contributed by atoms with Crippen LogP contribution >= 0.6 is 0 Å². The summed E-state index contributed by atoms with van der Waals surface area (Å²) >= 11 is 0. The van der Waals surface area contributed by atoms with Crippen molar-refractivity contribution in [1.82, 2.24) is 0 Å². The summed E-state index contributed by atoms with van der Waals surface area (Å²) in [7, 11) is 0. The third kappa shape index (κ3) is 11.1. The molecule has 0 saturated heterocycles. The van der Waals surface area contributed by atoms with Crippen LogP contribution in [0.15, 0.2) is 0 Å². The summed E-state index contributed by atoms with van der Waals surface area (Å²) in [5, 5.41) is 14.9. The minimum Gasteiger partial charge on any atom is -0.377 e. The van der Waals surface area contributed by atoms with Crippen LogP contribution in [0.4, 0.5) is 52.7 Å². The van der Waals surface area contributed by atoms with Crippen LogP contribution in [-0.4, -0.2) is 47.1 Å². The van der Waals surface area contributed by atoms with Crippen molar-refractivity contribution in [3.63, 3.8) is 0 Å². The molecule has 0 heterocycles. The zero-order valence-corrected chi connectivity index (χ0v) is 10.6. The predicted octanol–water partition coefficient (Wildman–Crippen LogP) is 2.94. The van der Waals surface area contributed by atoms with Crippen molar-refractivity contribution in [2.24, 2.45) is 0 Å². The third-order valence-corrected chi connectivity index (χ3v) is 1.24. The summed E-state index contributed by atoms with van der Waals surface area (Å²) in [6.45, 7) is 0. The molecule has 21 heavy (non-hydrogen) atoms. The van der Waals surface area contributed by atoms with Gasteiger partial charge in [-0.05, 0) is 0 Å². The van der Waals surface area contributed by atoms with E-state index in [1.165, 1.54) is 0 Å². The summed E-state index contributed by atoms with van der Waals surface area (Å²) in [6, 6.07) is 0. The summed E-state index contributed by atoms with van der Waals surface area (Å²) in [4.78, 5) is 0. The summed E-state index contributed by atoms with van der Waals surface area (Å²) < 4.78 is 132. The molecule has 0 aliphatic rings. The number of alkyl halides is 12. The molecule has 0 atom stereocenters. The van der Waals surface area contributed by atoms with Gasteiger partial charge >= 0.3 is 24.7 Å². The Labute approximate surface area is 122 Å². The van der Waals surface area contributed by atoms with Crippen molar-refractivity contribution in [2.75, 3.05) is 0 Å². The zero-order chi connectivity index (χ0) is 17.2. The van der Waals surface area contributed by atoms with Gasteiger partial charge in [0.1, 0.15) is 0 Å². The van der Waals surface area contributed by atoms with E-state index in [0.29, 0.717) is 0 Å². The zero-order valence-electron chi connectivity index (χ0n) is 9.08. The molecule has 0 bridgehead atoms. The molecule has 0 radical (unpaired) electrons. The van der Waals surface area contributed by atoms with Gasteiger partial charge in [-0.15, -0.1) is 0 Å². The van der Waals surface area contributed by atoms with Gasteiger partial charge in [0.25, 0.3) is 0 Å². The van der Waals surface area contributed by atoms with E-state index in [1.807, 2.05) is 0 Å². The van der Waals surface area contributed by atoms with Gasteiger partial charge in [0.15, 0.2) is 0 Å². The van der Waals surface area contributed by atoms with Crippen molar-refractivity contribution in [1.29, 1.82) is 0 Å². The molecule has 0 rings (SSSR count). The summed E-state index contributed by atoms with van der Waals surface area (Å²) in [5.74, 6) is 0. The van der Waals surface area contributed by atoms with Gasteiger partial charge in [-0.2, -0.15) is 52.7 Å². The summed E-state index contributed by atoms with van der Waals surface area (Å²) in [5.41, 5.74) is 0. The molecule has 0 unspecified atom stereocenters. The van der Waals surface area contributed by atoms with E-state index in [1.54, 1.807) is 0 Å². The Balaban J connectivity index is -0.000000295. The van der Waals surface area contributed by atoms with Gasteiger partial charge in [-0.3, -0.25) is 0 Å². The van der Waals surface area contributed by atoms with Gasteiger partial charge in [-0.1, -0.05) is 0 Å². The van der Waals surface area contributed by atoms with E-state index < -0.39 is 36.9 Å². The molecule has 0 spiro atoms. The molecule has 0 amide bonds. The van der Waals surface area contributed by atoms with E-state index in [4.69, 9.17) is 10.2 Å². The molecule has 0 aromatic heterocycles. The van der Waals surface area contributed by atoms with E-state index in [0.717, 1.165) is 0 Å². The van der Waals surface area contributed by atoms with E-state index in [2.05, 4.69) is 0 Å². The van der Waals surface area contributed by atoms with Gasteiger partial charge < -0.3 is 10.2 Å². The Kier molecular flexibility index (Phi) is 9.65. The molecule has 0 aromatic rings. The smallest absolute Gasteiger partial charge is 0.377 e. The quantitative estimate of drug-likeness (QED) is 0.498. The number of rotatable bonds is 0. The molecule has 128 valence electrons. The number of hydrogen-bond acceptors (Lipinski definition) is 2. The number of hydrogen-bond donors (Lipinski definition) is 2. The van der Waals surface area contributed by atoms with Crippen molar-refractivity contribution in [3.05, 3.63) is 0 Å². The predicted molar refractivity (Wildman–Crippen MR) is 36.2 cm³/mol. The first kappa shape index (κ1) is 25.7. The van der Waals surface area contributed by atoms with E-state index >= 15 is 0 Å². The number of aliphatic hydroxyl groups excluding tert-OH is 2. The topological polar surface area (TPSA) is 40.5 Å². The fourth-order valence-corrected chi connectivity index (χ4v) is 0.371. The van der Waals surface area contributed by atoms with Crippen LogP contribution in [0.2, 0.25) is 0 Å². The standard InChI is InChI=1S/2C3H2F6O.Ti/c2*4-2(5,6)1(10)3(7,8)9;/h2*1,10H;. The SMILES string of the molecule is OC(C(F)(F)F)C(F)(F)F.OC(C(F)(F)F)C(F)(F)F.[Ti]. The molecular weight excluding hydrogens is 380 g/mol. The summed E-state index contributed by atoms with van der Waals surface area (Å²) in [6.07, 6.45) is -31.0. The first-order valence-electron chi connectivity index (χ1n) is 3.94. The largest absolute Gasteiger partial charge is 0.423 e. The van der Waals surface area contributed by atoms with Crippen LogP contribution in [-0.2, 0) is 21.7 Å². The van der Waals surface area contributed by atoms with E-state index in [9.17, 15) is 52.7 Å². The Morgan fingerprint density at radius 3 is 0.524 bits per heavy atom. The maximum atomic E-state index is 11.0. The van der Waals surface area contributed by atoms with Crippen LogP contribution in [0.5, 0.6) is 0 Å². The molecule has 15 heteroatoms. The average Bonchev–Trinajstić information content (AvgIpc) is 2.10. The Morgan fingerprint density at radius 1 is 0.429 bits per heavy atom. The van der Waals surface area contributed by atoms with Gasteiger partial charge in [0.05, 0.1) is 0 Å². The maximum absolute atomic E-state index is 11.0. The van der Waals surface area contributed by atoms with Gasteiger partial charge in [0.2, 0.25) is 12.2 Å². The molecule has 0 saturated carbocycles. The fraction of sp³-hybridized carbons (Fsp3) is 1.00. The van der Waals surface area contributed by atoms with Crippen LogP contribution in [0.25, 0.3) is 0 Å². The molecule has 0 aliphatic heterocycles. The molecule has 0 fully saturated rings. The second-order valence-corrected chi connectivity index (χ2v) is 2.97. The normalized spacial score (nSPS) is 13.7. The van der Waals surface area contributed by atoms with Crippen molar-refractivity contribution in [3.8, 4) is 0 Å². The second kappa shape index (κ2) is 7.88. The molecule has 0 aliphatic carbocycles. The molecule has 0 aromatic carbocycles. The van der Waals surface area contributed by atoms with Crippen LogP contribution < -0.4 is 0 Å². The maximum Gasteiger partial charge on any atom is 0.423 e. The van der Waals surface area contributed by atoms with Crippen molar-refractivity contribution < 1.29 is 84.6 Å². The van der Waals surface area contributed by atoms with Crippen molar-refractivity contribution in [2.45, 2.75) is 36.9 Å². The van der Waals surface area contributed by atoms with Crippen LogP contribution in [0, 0.1) is 0 Å².